The molecule has 0 radical (unpaired) electrons. The Bertz CT molecular complexity index is 791. The maximum absolute atomic E-state index is 12.4. The van der Waals surface area contributed by atoms with Crippen LogP contribution in [0.3, 0.4) is 0 Å². The maximum Gasteiger partial charge on any atom is 0.242 e. The van der Waals surface area contributed by atoms with Crippen LogP contribution in [0.25, 0.3) is 0 Å². The number of sulfonamides is 1. The SMILES string of the molecule is O=S(=O)(NCC1CCN(Cc2ccccn2)CC1)c1ccccc1Cl. The summed E-state index contributed by atoms with van der Waals surface area (Å²) in [4.78, 5) is 6.86. The van der Waals surface area contributed by atoms with Crippen LogP contribution in [0, 0.1) is 5.92 Å². The second-order valence-electron chi connectivity index (χ2n) is 6.32. The Balaban J connectivity index is 1.49. The van der Waals surface area contributed by atoms with Crippen molar-refractivity contribution in [2.24, 2.45) is 5.92 Å². The Morgan fingerprint density at radius 2 is 1.84 bits per heavy atom. The van der Waals surface area contributed by atoms with Gasteiger partial charge in [0.15, 0.2) is 0 Å². The second kappa shape index (κ2) is 8.27. The highest BCUT2D eigenvalue weighted by molar-refractivity contribution is 7.89. The smallest absolute Gasteiger partial charge is 0.242 e. The van der Waals surface area contributed by atoms with Crippen molar-refractivity contribution in [2.75, 3.05) is 19.6 Å². The molecule has 134 valence electrons. The van der Waals surface area contributed by atoms with E-state index < -0.39 is 10.0 Å². The summed E-state index contributed by atoms with van der Waals surface area (Å²) in [5.74, 6) is 0.345. The lowest BCUT2D eigenvalue weighted by atomic mass is 9.97. The third kappa shape index (κ3) is 5.01. The number of hydrogen-bond donors (Lipinski definition) is 1. The van der Waals surface area contributed by atoms with Crippen LogP contribution in [-0.4, -0.2) is 37.9 Å². The summed E-state index contributed by atoms with van der Waals surface area (Å²) in [7, 11) is -3.56. The molecule has 0 aliphatic carbocycles. The highest BCUT2D eigenvalue weighted by Crippen LogP contribution is 2.22. The molecule has 1 aliphatic rings. The molecule has 0 spiro atoms. The zero-order valence-corrected chi connectivity index (χ0v) is 15.5. The monoisotopic (exact) mass is 379 g/mol. The van der Waals surface area contributed by atoms with E-state index in [9.17, 15) is 8.42 Å². The van der Waals surface area contributed by atoms with Crippen LogP contribution in [0.2, 0.25) is 5.02 Å². The minimum Gasteiger partial charge on any atom is -0.297 e. The lowest BCUT2D eigenvalue weighted by Crippen LogP contribution is -2.38. The molecular weight excluding hydrogens is 358 g/mol. The fourth-order valence-corrected chi connectivity index (χ4v) is 4.67. The Morgan fingerprint density at radius 1 is 1.12 bits per heavy atom. The van der Waals surface area contributed by atoms with E-state index in [1.807, 2.05) is 24.4 Å². The molecule has 1 saturated heterocycles. The molecule has 1 aliphatic heterocycles. The number of nitrogens with one attached hydrogen (secondary N) is 1. The van der Waals surface area contributed by atoms with Crippen LogP contribution in [-0.2, 0) is 16.6 Å². The molecule has 0 bridgehead atoms. The van der Waals surface area contributed by atoms with Gasteiger partial charge in [-0.05, 0) is 56.1 Å². The molecule has 1 aromatic heterocycles. The summed E-state index contributed by atoms with van der Waals surface area (Å²) in [6, 6.07) is 12.5. The van der Waals surface area contributed by atoms with Gasteiger partial charge < -0.3 is 0 Å². The third-order valence-corrected chi connectivity index (χ3v) is 6.43. The zero-order valence-electron chi connectivity index (χ0n) is 13.9. The van der Waals surface area contributed by atoms with Crippen molar-refractivity contribution in [1.29, 1.82) is 0 Å². The lowest BCUT2D eigenvalue weighted by Gasteiger charge is -2.31. The fourth-order valence-electron chi connectivity index (χ4n) is 3.04. The van der Waals surface area contributed by atoms with Crippen LogP contribution >= 0.6 is 11.6 Å². The predicted molar refractivity (Wildman–Crippen MR) is 98.9 cm³/mol. The third-order valence-electron chi connectivity index (χ3n) is 4.51. The molecule has 2 heterocycles. The molecule has 1 N–H and O–H groups in total. The second-order valence-corrected chi connectivity index (χ2v) is 8.47. The summed E-state index contributed by atoms with van der Waals surface area (Å²) in [5.41, 5.74) is 1.07. The van der Waals surface area contributed by atoms with E-state index >= 15 is 0 Å². The van der Waals surface area contributed by atoms with Gasteiger partial charge in [-0.2, -0.15) is 0 Å². The van der Waals surface area contributed by atoms with Crippen LogP contribution in [0.1, 0.15) is 18.5 Å². The van der Waals surface area contributed by atoms with Crippen molar-refractivity contribution < 1.29 is 8.42 Å². The zero-order chi connectivity index (χ0) is 17.7. The van der Waals surface area contributed by atoms with Crippen LogP contribution in [0.4, 0.5) is 0 Å². The van der Waals surface area contributed by atoms with E-state index in [1.54, 1.807) is 18.2 Å². The normalized spacial score (nSPS) is 16.8. The largest absolute Gasteiger partial charge is 0.297 e. The number of hydrogen-bond acceptors (Lipinski definition) is 4. The quantitative estimate of drug-likeness (QED) is 0.838. The first-order chi connectivity index (χ1) is 12.0. The molecular formula is C18H22ClN3O2S. The van der Waals surface area contributed by atoms with Gasteiger partial charge in [-0.3, -0.25) is 9.88 Å². The maximum atomic E-state index is 12.4. The van der Waals surface area contributed by atoms with E-state index in [0.29, 0.717) is 12.5 Å². The summed E-state index contributed by atoms with van der Waals surface area (Å²) in [6.45, 7) is 3.20. The Hall–Kier alpha value is -1.47. The van der Waals surface area contributed by atoms with E-state index in [4.69, 9.17) is 11.6 Å². The van der Waals surface area contributed by atoms with Crippen molar-refractivity contribution in [3.8, 4) is 0 Å². The van der Waals surface area contributed by atoms with Gasteiger partial charge in [0.25, 0.3) is 0 Å². The lowest BCUT2D eigenvalue weighted by molar-refractivity contribution is 0.177. The molecule has 1 fully saturated rings. The molecule has 5 nitrogen and oxygen atoms in total. The molecule has 1 aromatic carbocycles. The minimum atomic E-state index is -3.56. The summed E-state index contributed by atoms with van der Waals surface area (Å²) in [5, 5.41) is 0.250. The first-order valence-corrected chi connectivity index (χ1v) is 10.3. The van der Waals surface area contributed by atoms with Crippen molar-refractivity contribution >= 4 is 21.6 Å². The van der Waals surface area contributed by atoms with Gasteiger partial charge in [-0.25, -0.2) is 13.1 Å². The molecule has 3 rings (SSSR count). The van der Waals surface area contributed by atoms with E-state index in [-0.39, 0.29) is 9.92 Å². The van der Waals surface area contributed by atoms with Gasteiger partial charge in [0, 0.05) is 19.3 Å². The Labute approximate surface area is 154 Å². The van der Waals surface area contributed by atoms with Gasteiger partial charge in [0.1, 0.15) is 4.90 Å². The number of likely N-dealkylation sites (tertiary alicyclic amines) is 1. The van der Waals surface area contributed by atoms with Gasteiger partial charge in [0.05, 0.1) is 10.7 Å². The van der Waals surface area contributed by atoms with E-state index in [2.05, 4.69) is 14.6 Å². The van der Waals surface area contributed by atoms with Crippen molar-refractivity contribution in [3.05, 3.63) is 59.4 Å². The molecule has 0 atom stereocenters. The Morgan fingerprint density at radius 3 is 2.52 bits per heavy atom. The fraction of sp³-hybridized carbons (Fsp3) is 0.389. The summed E-state index contributed by atoms with van der Waals surface area (Å²) < 4.78 is 27.5. The Kier molecular flexibility index (Phi) is 6.06. The summed E-state index contributed by atoms with van der Waals surface area (Å²) >= 11 is 5.99. The first kappa shape index (κ1) is 18.3. The predicted octanol–water partition coefficient (Wildman–Crippen LogP) is 2.93. The van der Waals surface area contributed by atoms with Crippen LogP contribution in [0.5, 0.6) is 0 Å². The number of aromatic nitrogens is 1. The van der Waals surface area contributed by atoms with Crippen molar-refractivity contribution in [3.63, 3.8) is 0 Å². The molecule has 0 saturated carbocycles. The topological polar surface area (TPSA) is 62.3 Å². The highest BCUT2D eigenvalue weighted by atomic mass is 35.5. The minimum absolute atomic E-state index is 0.143. The van der Waals surface area contributed by atoms with Crippen LogP contribution < -0.4 is 4.72 Å². The van der Waals surface area contributed by atoms with Crippen molar-refractivity contribution in [2.45, 2.75) is 24.3 Å². The number of halogens is 1. The molecule has 0 amide bonds. The molecule has 7 heteroatoms. The van der Waals surface area contributed by atoms with E-state index in [1.165, 1.54) is 6.07 Å². The van der Waals surface area contributed by atoms with E-state index in [0.717, 1.165) is 38.2 Å². The first-order valence-electron chi connectivity index (χ1n) is 8.41. The highest BCUT2D eigenvalue weighted by Gasteiger charge is 2.23. The van der Waals surface area contributed by atoms with Crippen molar-refractivity contribution in [1.82, 2.24) is 14.6 Å². The number of pyridine rings is 1. The van der Waals surface area contributed by atoms with Gasteiger partial charge in [0.2, 0.25) is 10.0 Å². The van der Waals surface area contributed by atoms with Gasteiger partial charge >= 0.3 is 0 Å². The number of benzene rings is 1. The standard InChI is InChI=1S/C18H22ClN3O2S/c19-17-6-1-2-7-18(17)25(23,24)21-13-15-8-11-22(12-9-15)14-16-5-3-4-10-20-16/h1-7,10,15,21H,8-9,11-14H2. The number of rotatable bonds is 6. The number of nitrogens with zero attached hydrogens (tertiary/aromatic N) is 2. The average molecular weight is 380 g/mol. The molecule has 0 unspecified atom stereocenters. The number of piperidine rings is 1. The average Bonchev–Trinajstić information content (AvgIpc) is 2.62. The molecule has 2 aromatic rings. The molecule has 25 heavy (non-hydrogen) atoms. The van der Waals surface area contributed by atoms with Crippen LogP contribution in [0.15, 0.2) is 53.6 Å². The van der Waals surface area contributed by atoms with Gasteiger partial charge in [-0.15, -0.1) is 0 Å². The summed E-state index contributed by atoms with van der Waals surface area (Å²) in [6.07, 6.45) is 3.75. The van der Waals surface area contributed by atoms with Gasteiger partial charge in [-0.1, -0.05) is 29.8 Å².